The van der Waals surface area contributed by atoms with E-state index in [0.717, 1.165) is 43.2 Å². The molecule has 0 aromatic heterocycles. The van der Waals surface area contributed by atoms with Crippen LogP contribution in [-0.4, -0.2) is 22.9 Å². The third-order valence-corrected chi connectivity index (χ3v) is 5.99. The smallest absolute Gasteiger partial charge is 0.227 e. The molecule has 1 aromatic carbocycles. The normalized spacial score (nSPS) is 27.1. The van der Waals surface area contributed by atoms with Crippen molar-refractivity contribution in [3.8, 4) is 0 Å². The first-order valence-electron chi connectivity index (χ1n) is 7.93. The van der Waals surface area contributed by atoms with E-state index >= 15 is 0 Å². The zero-order valence-electron chi connectivity index (χ0n) is 13.3. The first-order chi connectivity index (χ1) is 10.4. The lowest BCUT2D eigenvalue weighted by molar-refractivity contribution is -0.139. The lowest BCUT2D eigenvalue weighted by Crippen LogP contribution is -2.54. The summed E-state index contributed by atoms with van der Waals surface area (Å²) < 4.78 is 0. The molecule has 2 aliphatic rings. The van der Waals surface area contributed by atoms with Gasteiger partial charge in [-0.05, 0) is 43.4 Å². The quantitative estimate of drug-likeness (QED) is 0.797. The fourth-order valence-electron chi connectivity index (χ4n) is 3.75. The number of nitrogens with two attached hydrogens (primary N) is 1. The number of benzene rings is 1. The molecule has 1 fully saturated rings. The summed E-state index contributed by atoms with van der Waals surface area (Å²) in [6.45, 7) is 3.32. The lowest BCUT2D eigenvalue weighted by atomic mass is 9.73. The van der Waals surface area contributed by atoms with Crippen molar-refractivity contribution < 1.29 is 4.79 Å². The Balaban J connectivity index is 0.00000192. The number of carbonyl (C=O) groups is 1. The van der Waals surface area contributed by atoms with E-state index in [0.29, 0.717) is 23.1 Å². The van der Waals surface area contributed by atoms with Crippen LogP contribution >= 0.6 is 35.6 Å². The van der Waals surface area contributed by atoms with E-state index in [2.05, 4.69) is 0 Å². The minimum atomic E-state index is -0.382. The van der Waals surface area contributed by atoms with Gasteiger partial charge in [0.1, 0.15) is 0 Å². The Morgan fingerprint density at radius 1 is 1.35 bits per heavy atom. The molecular formula is C17H23Cl3N2O. The Bertz CT molecular complexity index is 604. The molecule has 6 heteroatoms. The van der Waals surface area contributed by atoms with Crippen LogP contribution in [0.3, 0.4) is 0 Å². The van der Waals surface area contributed by atoms with Gasteiger partial charge in [0.05, 0.1) is 16.0 Å². The highest BCUT2D eigenvalue weighted by Gasteiger charge is 2.40. The van der Waals surface area contributed by atoms with Crippen LogP contribution in [0.15, 0.2) is 12.1 Å². The van der Waals surface area contributed by atoms with Crippen LogP contribution in [0.2, 0.25) is 10.0 Å². The van der Waals surface area contributed by atoms with E-state index in [1.165, 1.54) is 0 Å². The summed E-state index contributed by atoms with van der Waals surface area (Å²) >= 11 is 12.4. The average molecular weight is 378 g/mol. The predicted octanol–water partition coefficient (Wildman–Crippen LogP) is 4.21. The second kappa shape index (κ2) is 7.18. The molecule has 0 spiro atoms. The molecular weight excluding hydrogens is 355 g/mol. The molecule has 0 bridgehead atoms. The zero-order valence-corrected chi connectivity index (χ0v) is 15.6. The van der Waals surface area contributed by atoms with Crippen molar-refractivity contribution in [1.82, 2.24) is 4.90 Å². The maximum Gasteiger partial charge on any atom is 0.227 e. The van der Waals surface area contributed by atoms with Gasteiger partial charge in [0.2, 0.25) is 5.91 Å². The van der Waals surface area contributed by atoms with E-state index in [9.17, 15) is 4.79 Å². The summed E-state index contributed by atoms with van der Waals surface area (Å²) in [4.78, 5) is 14.9. The van der Waals surface area contributed by atoms with Crippen molar-refractivity contribution in [2.24, 2.45) is 11.7 Å². The van der Waals surface area contributed by atoms with Crippen molar-refractivity contribution in [2.45, 2.75) is 51.1 Å². The summed E-state index contributed by atoms with van der Waals surface area (Å²) in [6.07, 6.45) is 4.79. The minimum absolute atomic E-state index is 0. The van der Waals surface area contributed by atoms with Crippen molar-refractivity contribution in [1.29, 1.82) is 0 Å². The predicted molar refractivity (Wildman–Crippen MR) is 97.4 cm³/mol. The summed E-state index contributed by atoms with van der Waals surface area (Å²) in [5.74, 6) is 0.131. The minimum Gasteiger partial charge on any atom is -0.338 e. The Morgan fingerprint density at radius 2 is 2.09 bits per heavy atom. The largest absolute Gasteiger partial charge is 0.338 e. The molecule has 0 radical (unpaired) electrons. The third kappa shape index (κ3) is 3.63. The van der Waals surface area contributed by atoms with Crippen molar-refractivity contribution in [3.63, 3.8) is 0 Å². The monoisotopic (exact) mass is 376 g/mol. The number of amides is 1. The highest BCUT2D eigenvalue weighted by molar-refractivity contribution is 6.42. The number of hydrogen-bond donors (Lipinski definition) is 1. The maximum atomic E-state index is 12.9. The van der Waals surface area contributed by atoms with Crippen LogP contribution in [0.4, 0.5) is 0 Å². The molecule has 3 nitrogen and oxygen atoms in total. The SMILES string of the molecule is CC1(N)CCCCC1C(=O)N1CCc2c(ccc(Cl)c2Cl)C1.Cl. The van der Waals surface area contributed by atoms with E-state index < -0.39 is 0 Å². The highest BCUT2D eigenvalue weighted by atomic mass is 35.5. The van der Waals surface area contributed by atoms with Crippen LogP contribution in [0, 0.1) is 5.92 Å². The van der Waals surface area contributed by atoms with Gasteiger partial charge < -0.3 is 10.6 Å². The number of hydrogen-bond acceptors (Lipinski definition) is 2. The van der Waals surface area contributed by atoms with E-state index in [1.54, 1.807) is 0 Å². The van der Waals surface area contributed by atoms with E-state index in [1.807, 2.05) is 24.0 Å². The van der Waals surface area contributed by atoms with E-state index in [-0.39, 0.29) is 29.8 Å². The van der Waals surface area contributed by atoms with Crippen LogP contribution in [0.5, 0.6) is 0 Å². The van der Waals surface area contributed by atoms with E-state index in [4.69, 9.17) is 28.9 Å². The molecule has 2 N–H and O–H groups in total. The van der Waals surface area contributed by atoms with Crippen molar-refractivity contribution >= 4 is 41.5 Å². The molecule has 23 heavy (non-hydrogen) atoms. The van der Waals surface area contributed by atoms with Gasteiger partial charge >= 0.3 is 0 Å². The molecule has 2 atom stereocenters. The molecule has 1 aromatic rings. The zero-order chi connectivity index (χ0) is 15.9. The van der Waals surface area contributed by atoms with Gasteiger partial charge in [0.25, 0.3) is 0 Å². The van der Waals surface area contributed by atoms with Crippen LogP contribution in [-0.2, 0) is 17.8 Å². The summed E-state index contributed by atoms with van der Waals surface area (Å²) in [7, 11) is 0. The van der Waals surface area contributed by atoms with Crippen LogP contribution in [0.25, 0.3) is 0 Å². The molecule has 3 rings (SSSR count). The Hall–Kier alpha value is -0.480. The van der Waals surface area contributed by atoms with Gasteiger partial charge in [-0.3, -0.25) is 4.79 Å². The molecule has 1 aliphatic carbocycles. The Morgan fingerprint density at radius 3 is 2.78 bits per heavy atom. The molecule has 1 heterocycles. The van der Waals surface area contributed by atoms with Gasteiger partial charge in [-0.2, -0.15) is 0 Å². The first kappa shape index (κ1) is 18.9. The molecule has 1 amide bonds. The number of halogens is 3. The molecule has 128 valence electrons. The topological polar surface area (TPSA) is 46.3 Å². The van der Waals surface area contributed by atoms with Crippen molar-refractivity contribution in [3.05, 3.63) is 33.3 Å². The standard InChI is InChI=1S/C17H22Cl2N2O.ClH/c1-17(20)8-3-2-4-13(17)16(22)21-9-7-12-11(10-21)5-6-14(18)15(12)19;/h5-6,13H,2-4,7-10,20H2,1H3;1H. The number of carbonyl (C=O) groups excluding carboxylic acids is 1. The summed E-state index contributed by atoms with van der Waals surface area (Å²) in [6, 6.07) is 3.79. The first-order valence-corrected chi connectivity index (χ1v) is 8.69. The lowest BCUT2D eigenvalue weighted by Gasteiger charge is -2.41. The summed E-state index contributed by atoms with van der Waals surface area (Å²) in [5, 5.41) is 1.22. The highest BCUT2D eigenvalue weighted by Crippen LogP contribution is 2.36. The summed E-state index contributed by atoms with van der Waals surface area (Å²) in [5.41, 5.74) is 8.18. The van der Waals surface area contributed by atoms with Gasteiger partial charge in [0.15, 0.2) is 0 Å². The van der Waals surface area contributed by atoms with Gasteiger partial charge in [0, 0.05) is 18.6 Å². The van der Waals surface area contributed by atoms with Crippen molar-refractivity contribution in [2.75, 3.05) is 6.54 Å². The molecule has 2 unspecified atom stereocenters. The molecule has 0 saturated heterocycles. The second-order valence-electron chi connectivity index (χ2n) is 6.81. The van der Waals surface area contributed by atoms with Gasteiger partial charge in [-0.1, -0.05) is 42.1 Å². The van der Waals surface area contributed by atoms with Gasteiger partial charge in [-0.25, -0.2) is 0 Å². The number of fused-ring (bicyclic) bond motifs is 1. The average Bonchev–Trinajstić information content (AvgIpc) is 2.49. The fraction of sp³-hybridized carbons (Fsp3) is 0.588. The third-order valence-electron chi connectivity index (χ3n) is 5.15. The van der Waals surface area contributed by atoms with Crippen LogP contribution < -0.4 is 5.73 Å². The Kier molecular flexibility index (Phi) is 5.89. The molecule has 1 aliphatic heterocycles. The van der Waals surface area contributed by atoms with Gasteiger partial charge in [-0.15, -0.1) is 12.4 Å². The number of rotatable bonds is 1. The second-order valence-corrected chi connectivity index (χ2v) is 7.60. The fourth-order valence-corrected chi connectivity index (χ4v) is 4.21. The number of nitrogens with zero attached hydrogens (tertiary/aromatic N) is 1. The maximum absolute atomic E-state index is 12.9. The van der Waals surface area contributed by atoms with Crippen LogP contribution in [0.1, 0.15) is 43.7 Å². The Labute approximate surface area is 153 Å². The molecule has 1 saturated carbocycles.